The molecule has 124 valence electrons. The van der Waals surface area contributed by atoms with Crippen LogP contribution in [0.25, 0.3) is 0 Å². The number of hydrogen-bond acceptors (Lipinski definition) is 2. The van der Waals surface area contributed by atoms with Crippen LogP contribution in [0.2, 0.25) is 0 Å². The van der Waals surface area contributed by atoms with E-state index in [4.69, 9.17) is 0 Å². The molecule has 2 bridgehead atoms. The zero-order valence-electron chi connectivity index (χ0n) is 14.7. The highest BCUT2D eigenvalue weighted by Crippen LogP contribution is 2.53. The van der Waals surface area contributed by atoms with Crippen LogP contribution in [0.4, 0.5) is 0 Å². The van der Waals surface area contributed by atoms with Gasteiger partial charge in [0.15, 0.2) is 0 Å². The van der Waals surface area contributed by atoms with Gasteiger partial charge in [-0.25, -0.2) is 0 Å². The Hall–Kier alpha value is -0.860. The van der Waals surface area contributed by atoms with Gasteiger partial charge in [-0.05, 0) is 63.9 Å². The highest BCUT2D eigenvalue weighted by molar-refractivity contribution is 5.20. The maximum atomic E-state index is 11.3. The van der Waals surface area contributed by atoms with Gasteiger partial charge in [-0.3, -0.25) is 0 Å². The van der Waals surface area contributed by atoms with Crippen molar-refractivity contribution >= 4 is 0 Å². The number of hydrogen-bond donors (Lipinski definition) is 2. The number of aliphatic hydroxyl groups is 2. The molecular weight excluding hydrogens is 272 g/mol. The lowest BCUT2D eigenvalue weighted by atomic mass is 9.55. The first-order valence-electron chi connectivity index (χ1n) is 8.58. The fourth-order valence-electron chi connectivity index (χ4n) is 4.07. The second kappa shape index (κ2) is 6.33. The van der Waals surface area contributed by atoms with Crippen LogP contribution in [0.1, 0.15) is 66.2 Å². The molecule has 1 saturated carbocycles. The summed E-state index contributed by atoms with van der Waals surface area (Å²) in [5, 5.41) is 21.6. The van der Waals surface area contributed by atoms with E-state index in [-0.39, 0.29) is 5.41 Å². The molecule has 2 heteroatoms. The zero-order valence-corrected chi connectivity index (χ0v) is 14.7. The molecule has 22 heavy (non-hydrogen) atoms. The van der Waals surface area contributed by atoms with Crippen LogP contribution in [0.3, 0.4) is 0 Å². The lowest BCUT2D eigenvalue weighted by Gasteiger charge is -2.52. The molecule has 2 nitrogen and oxygen atoms in total. The van der Waals surface area contributed by atoms with E-state index in [1.807, 2.05) is 13.0 Å². The van der Waals surface area contributed by atoms with Gasteiger partial charge in [-0.15, -0.1) is 0 Å². The van der Waals surface area contributed by atoms with Gasteiger partial charge in [-0.2, -0.15) is 0 Å². The third kappa shape index (κ3) is 3.23. The smallest absolute Gasteiger partial charge is 0.0781 e. The first-order valence-corrected chi connectivity index (χ1v) is 8.58. The Balaban J connectivity index is 2.40. The molecule has 0 amide bonds. The van der Waals surface area contributed by atoms with Gasteiger partial charge in [-0.1, -0.05) is 43.7 Å². The fraction of sp³-hybridized carbons (Fsp3) is 0.700. The summed E-state index contributed by atoms with van der Waals surface area (Å²) in [5.74, 6) is 0.354. The van der Waals surface area contributed by atoms with Crippen molar-refractivity contribution in [3.8, 4) is 0 Å². The van der Waals surface area contributed by atoms with Gasteiger partial charge in [0.05, 0.1) is 11.7 Å². The summed E-state index contributed by atoms with van der Waals surface area (Å²) >= 11 is 0. The molecule has 1 fully saturated rings. The highest BCUT2D eigenvalue weighted by atomic mass is 16.3. The van der Waals surface area contributed by atoms with Crippen LogP contribution in [-0.4, -0.2) is 21.9 Å². The predicted molar refractivity (Wildman–Crippen MR) is 92.6 cm³/mol. The third-order valence-electron chi connectivity index (χ3n) is 6.23. The lowest BCUT2D eigenvalue weighted by molar-refractivity contribution is -0.110. The predicted octanol–water partition coefficient (Wildman–Crippen LogP) is 4.54. The largest absolute Gasteiger partial charge is 0.389 e. The van der Waals surface area contributed by atoms with E-state index in [0.717, 1.165) is 31.3 Å². The molecule has 0 saturated heterocycles. The van der Waals surface area contributed by atoms with Crippen molar-refractivity contribution in [2.24, 2.45) is 11.3 Å². The fourth-order valence-corrected chi connectivity index (χ4v) is 4.07. The molecule has 0 aromatic heterocycles. The van der Waals surface area contributed by atoms with Gasteiger partial charge < -0.3 is 10.2 Å². The topological polar surface area (TPSA) is 40.5 Å². The molecule has 0 aromatic carbocycles. The van der Waals surface area contributed by atoms with E-state index in [1.165, 1.54) is 11.1 Å². The van der Waals surface area contributed by atoms with Gasteiger partial charge in [0, 0.05) is 5.41 Å². The SMILES string of the molecule is C=C1CCC2(O)CC=C(C)C(O)CC=C(C)CCC1C2(C)C. The van der Waals surface area contributed by atoms with Crippen molar-refractivity contribution in [1.29, 1.82) is 0 Å². The average Bonchev–Trinajstić information content (AvgIpc) is 2.45. The van der Waals surface area contributed by atoms with E-state index in [1.54, 1.807) is 0 Å². The van der Waals surface area contributed by atoms with E-state index in [2.05, 4.69) is 33.4 Å². The molecule has 0 heterocycles. The van der Waals surface area contributed by atoms with E-state index >= 15 is 0 Å². The Morgan fingerprint density at radius 2 is 1.86 bits per heavy atom. The monoisotopic (exact) mass is 304 g/mol. The number of fused-ring (bicyclic) bond motifs is 2. The van der Waals surface area contributed by atoms with E-state index in [9.17, 15) is 10.2 Å². The molecular formula is C20H32O2. The van der Waals surface area contributed by atoms with Crippen molar-refractivity contribution in [3.63, 3.8) is 0 Å². The van der Waals surface area contributed by atoms with Gasteiger partial charge in [0.25, 0.3) is 0 Å². The van der Waals surface area contributed by atoms with Gasteiger partial charge >= 0.3 is 0 Å². The second-order valence-electron chi connectivity index (χ2n) is 7.96. The maximum absolute atomic E-state index is 11.3. The van der Waals surface area contributed by atoms with E-state index < -0.39 is 11.7 Å². The van der Waals surface area contributed by atoms with Crippen molar-refractivity contribution in [2.75, 3.05) is 0 Å². The van der Waals surface area contributed by atoms with Crippen molar-refractivity contribution in [2.45, 2.75) is 77.9 Å². The minimum atomic E-state index is -0.712. The Morgan fingerprint density at radius 1 is 1.18 bits per heavy atom. The molecule has 0 aromatic rings. The van der Waals surface area contributed by atoms with E-state index in [0.29, 0.717) is 18.8 Å². The quantitative estimate of drug-likeness (QED) is 0.645. The number of allylic oxidation sites excluding steroid dienone is 2. The normalized spacial score (nSPS) is 36.7. The molecule has 2 aliphatic carbocycles. The summed E-state index contributed by atoms with van der Waals surface area (Å²) in [7, 11) is 0. The maximum Gasteiger partial charge on any atom is 0.0781 e. The second-order valence-corrected chi connectivity index (χ2v) is 7.96. The van der Waals surface area contributed by atoms with Crippen LogP contribution in [-0.2, 0) is 0 Å². The van der Waals surface area contributed by atoms with Crippen LogP contribution in [0.15, 0.2) is 35.5 Å². The Labute approximate surface area is 135 Å². The summed E-state index contributed by atoms with van der Waals surface area (Å²) in [5.41, 5.74) is 2.68. The van der Waals surface area contributed by atoms with Crippen molar-refractivity contribution in [3.05, 3.63) is 35.5 Å². The third-order valence-corrected chi connectivity index (χ3v) is 6.23. The standard InChI is InChI=1S/C20H32O2/c1-14-6-8-17-15(2)10-12-20(22,19(17,4)5)13-11-16(3)18(21)9-7-14/h7,11,17-18,21-22H,2,6,8-10,12-13H2,1,3-5H3. The Morgan fingerprint density at radius 3 is 2.55 bits per heavy atom. The Kier molecular flexibility index (Phi) is 5.03. The molecule has 0 spiro atoms. The summed E-state index contributed by atoms with van der Waals surface area (Å²) in [6.07, 6.45) is 8.78. The average molecular weight is 304 g/mol. The minimum absolute atomic E-state index is 0.191. The van der Waals surface area contributed by atoms with Gasteiger partial charge in [0.2, 0.25) is 0 Å². The number of aliphatic hydroxyl groups excluding tert-OH is 1. The molecule has 2 aliphatic rings. The molecule has 2 N–H and O–H groups in total. The first-order chi connectivity index (χ1) is 10.2. The molecule has 3 unspecified atom stereocenters. The van der Waals surface area contributed by atoms with Crippen molar-refractivity contribution in [1.82, 2.24) is 0 Å². The zero-order chi connectivity index (χ0) is 16.5. The van der Waals surface area contributed by atoms with Crippen LogP contribution in [0, 0.1) is 11.3 Å². The van der Waals surface area contributed by atoms with Crippen LogP contribution < -0.4 is 0 Å². The molecule has 0 radical (unpaired) electrons. The summed E-state index contributed by atoms with van der Waals surface area (Å²) < 4.78 is 0. The highest BCUT2D eigenvalue weighted by Gasteiger charge is 2.50. The minimum Gasteiger partial charge on any atom is -0.389 e. The Bertz CT molecular complexity index is 498. The summed E-state index contributed by atoms with van der Waals surface area (Å²) in [4.78, 5) is 0. The van der Waals surface area contributed by atoms with Crippen LogP contribution in [0.5, 0.6) is 0 Å². The van der Waals surface area contributed by atoms with Gasteiger partial charge in [0.1, 0.15) is 0 Å². The summed E-state index contributed by atoms with van der Waals surface area (Å²) in [6, 6.07) is 0. The molecule has 2 rings (SSSR count). The molecule has 3 atom stereocenters. The van der Waals surface area contributed by atoms with Crippen LogP contribution >= 0.6 is 0 Å². The summed E-state index contributed by atoms with van der Waals surface area (Å²) in [6.45, 7) is 12.8. The van der Waals surface area contributed by atoms with Crippen molar-refractivity contribution < 1.29 is 10.2 Å². The first kappa shape index (κ1) is 17.5. The number of rotatable bonds is 0. The lowest BCUT2D eigenvalue weighted by Crippen LogP contribution is -2.52. The molecule has 0 aliphatic heterocycles.